The molecule has 0 saturated heterocycles. The molecule has 2 aromatic carbocycles. The average molecular weight is 395 g/mol. The molecule has 0 aliphatic heterocycles. The summed E-state index contributed by atoms with van der Waals surface area (Å²) in [5.74, 6) is -1.11. The highest BCUT2D eigenvalue weighted by Gasteiger charge is 2.30. The number of hydrogen-bond donors (Lipinski definition) is 1. The quantitative estimate of drug-likeness (QED) is 0.570. The molecular weight excluding hydrogens is 379 g/mol. The molecule has 9 heteroatoms. The van der Waals surface area contributed by atoms with Crippen molar-refractivity contribution in [1.29, 1.82) is 0 Å². The molecule has 0 aliphatic rings. The van der Waals surface area contributed by atoms with Crippen molar-refractivity contribution in [2.75, 3.05) is 19.0 Å². The van der Waals surface area contributed by atoms with Crippen LogP contribution in [0.15, 0.2) is 54.6 Å². The zero-order chi connectivity index (χ0) is 20.6. The lowest BCUT2D eigenvalue weighted by Gasteiger charge is -2.10. The number of benzene rings is 2. The Hall–Kier alpha value is -3.49. The summed E-state index contributed by atoms with van der Waals surface area (Å²) in [7, 11) is 1.54. The van der Waals surface area contributed by atoms with Gasteiger partial charge >= 0.3 is 12.3 Å². The predicted octanol–water partition coefficient (Wildman–Crippen LogP) is 3.79. The molecule has 0 bridgehead atoms. The van der Waals surface area contributed by atoms with Gasteiger partial charge < -0.3 is 19.5 Å². The van der Waals surface area contributed by atoms with Gasteiger partial charge in [0.2, 0.25) is 0 Å². The number of amides is 1. The van der Waals surface area contributed by atoms with Crippen LogP contribution in [0, 0.1) is 0 Å². The van der Waals surface area contributed by atoms with Crippen molar-refractivity contribution in [3.63, 3.8) is 0 Å². The maximum atomic E-state index is 12.1. The number of ether oxygens (including phenoxy) is 3. The number of nitrogens with one attached hydrogen (secondary N) is 1. The molecule has 0 heterocycles. The van der Waals surface area contributed by atoms with E-state index in [1.807, 2.05) is 0 Å². The molecule has 148 valence electrons. The van der Waals surface area contributed by atoms with Gasteiger partial charge in [0.1, 0.15) is 11.5 Å². The third-order valence-electron chi connectivity index (χ3n) is 3.24. The maximum Gasteiger partial charge on any atom is 0.573 e. The third kappa shape index (κ3) is 7.40. The zero-order valence-electron chi connectivity index (χ0n) is 14.7. The fourth-order valence-corrected chi connectivity index (χ4v) is 2.00. The topological polar surface area (TPSA) is 73.9 Å². The number of rotatable bonds is 7. The summed E-state index contributed by atoms with van der Waals surface area (Å²) in [5, 5.41) is 2.38. The fourth-order valence-electron chi connectivity index (χ4n) is 2.00. The summed E-state index contributed by atoms with van der Waals surface area (Å²) in [5.41, 5.74) is 0.965. The minimum Gasteiger partial charge on any atom is -0.497 e. The van der Waals surface area contributed by atoms with E-state index in [9.17, 15) is 22.8 Å². The Labute approximate surface area is 158 Å². The minimum atomic E-state index is -4.79. The van der Waals surface area contributed by atoms with E-state index >= 15 is 0 Å². The highest BCUT2D eigenvalue weighted by atomic mass is 19.4. The second kappa shape index (κ2) is 9.45. The van der Waals surface area contributed by atoms with Crippen molar-refractivity contribution >= 4 is 23.6 Å². The normalized spacial score (nSPS) is 11.1. The van der Waals surface area contributed by atoms with E-state index in [1.165, 1.54) is 31.4 Å². The first kappa shape index (κ1) is 20.8. The fraction of sp³-hybridized carbons (Fsp3) is 0.158. The van der Waals surface area contributed by atoms with Gasteiger partial charge in [0.25, 0.3) is 5.91 Å². The number of hydrogen-bond acceptors (Lipinski definition) is 5. The lowest BCUT2D eigenvalue weighted by atomic mass is 10.2. The molecule has 1 N–H and O–H groups in total. The first-order valence-corrected chi connectivity index (χ1v) is 7.90. The largest absolute Gasteiger partial charge is 0.573 e. The van der Waals surface area contributed by atoms with Crippen LogP contribution in [0.3, 0.4) is 0 Å². The molecule has 0 saturated carbocycles. The highest BCUT2D eigenvalue weighted by Crippen LogP contribution is 2.23. The number of esters is 1. The van der Waals surface area contributed by atoms with Gasteiger partial charge in [-0.15, -0.1) is 13.2 Å². The molecule has 2 aromatic rings. The van der Waals surface area contributed by atoms with E-state index in [-0.39, 0.29) is 5.69 Å². The lowest BCUT2D eigenvalue weighted by Crippen LogP contribution is -2.20. The third-order valence-corrected chi connectivity index (χ3v) is 3.24. The average Bonchev–Trinajstić information content (AvgIpc) is 2.65. The monoisotopic (exact) mass is 395 g/mol. The van der Waals surface area contributed by atoms with Crippen molar-refractivity contribution in [3.05, 3.63) is 60.2 Å². The van der Waals surface area contributed by atoms with E-state index in [0.717, 1.165) is 17.7 Å². The number of halogens is 3. The van der Waals surface area contributed by atoms with Gasteiger partial charge in [-0.25, -0.2) is 4.79 Å². The van der Waals surface area contributed by atoms with Crippen molar-refractivity contribution in [2.24, 2.45) is 0 Å². The number of alkyl halides is 3. The first-order chi connectivity index (χ1) is 13.2. The summed E-state index contributed by atoms with van der Waals surface area (Å²) < 4.78 is 49.8. The molecule has 0 atom stereocenters. The Bertz CT molecular complexity index is 830. The molecule has 0 unspecified atom stereocenters. The smallest absolute Gasteiger partial charge is 0.497 e. The molecule has 0 aliphatic carbocycles. The summed E-state index contributed by atoms with van der Waals surface area (Å²) in [4.78, 5) is 23.4. The number of methoxy groups -OCH3 is 1. The maximum absolute atomic E-state index is 12.1. The van der Waals surface area contributed by atoms with Crippen LogP contribution in [0.25, 0.3) is 6.08 Å². The molecule has 6 nitrogen and oxygen atoms in total. The van der Waals surface area contributed by atoms with Crippen molar-refractivity contribution in [1.82, 2.24) is 0 Å². The van der Waals surface area contributed by atoms with Crippen molar-refractivity contribution in [2.45, 2.75) is 6.36 Å². The molecule has 0 aromatic heterocycles. The van der Waals surface area contributed by atoms with E-state index in [4.69, 9.17) is 9.47 Å². The van der Waals surface area contributed by atoms with Gasteiger partial charge in [-0.2, -0.15) is 0 Å². The van der Waals surface area contributed by atoms with Gasteiger partial charge in [0, 0.05) is 11.8 Å². The van der Waals surface area contributed by atoms with E-state index in [1.54, 1.807) is 24.3 Å². The van der Waals surface area contributed by atoms with E-state index in [0.29, 0.717) is 5.75 Å². The number of carbonyl (C=O) groups is 2. The second-order valence-corrected chi connectivity index (χ2v) is 5.33. The number of carbonyl (C=O) groups excluding carboxylic acids is 2. The molecule has 0 fully saturated rings. The van der Waals surface area contributed by atoms with E-state index in [2.05, 4.69) is 10.1 Å². The van der Waals surface area contributed by atoms with Crippen molar-refractivity contribution < 1.29 is 37.0 Å². The van der Waals surface area contributed by atoms with Crippen LogP contribution in [-0.4, -0.2) is 32.0 Å². The molecule has 2 rings (SSSR count). The second-order valence-electron chi connectivity index (χ2n) is 5.33. The van der Waals surface area contributed by atoms with Crippen LogP contribution in [-0.2, 0) is 14.3 Å². The lowest BCUT2D eigenvalue weighted by molar-refractivity contribution is -0.274. The van der Waals surface area contributed by atoms with Crippen LogP contribution < -0.4 is 14.8 Å². The molecule has 1 amide bonds. The Morgan fingerprint density at radius 2 is 1.61 bits per heavy atom. The summed E-state index contributed by atoms with van der Waals surface area (Å²) >= 11 is 0. The first-order valence-electron chi connectivity index (χ1n) is 7.90. The molecule has 0 radical (unpaired) electrons. The molecule has 28 heavy (non-hydrogen) atoms. The summed E-state index contributed by atoms with van der Waals surface area (Å²) in [6.07, 6.45) is -2.12. The Morgan fingerprint density at radius 1 is 1.00 bits per heavy atom. The minimum absolute atomic E-state index is 0.226. The Morgan fingerprint density at radius 3 is 2.18 bits per heavy atom. The zero-order valence-corrected chi connectivity index (χ0v) is 14.7. The van der Waals surface area contributed by atoms with Crippen LogP contribution in [0.1, 0.15) is 5.56 Å². The van der Waals surface area contributed by atoms with E-state index < -0.39 is 30.6 Å². The van der Waals surface area contributed by atoms with Crippen LogP contribution in [0.2, 0.25) is 0 Å². The van der Waals surface area contributed by atoms with Crippen molar-refractivity contribution in [3.8, 4) is 11.5 Å². The van der Waals surface area contributed by atoms with Gasteiger partial charge in [-0.3, -0.25) is 4.79 Å². The standard InChI is InChI=1S/C19H16F3NO5/c1-26-15-7-2-13(3-8-15)4-11-18(25)27-12-17(24)23-14-5-9-16(10-6-14)28-19(20,21)22/h2-11H,12H2,1H3,(H,23,24)/b11-4+. The van der Waals surface area contributed by atoms with Gasteiger partial charge in [0.05, 0.1) is 7.11 Å². The summed E-state index contributed by atoms with van der Waals surface area (Å²) in [6.45, 7) is -0.549. The van der Waals surface area contributed by atoms with Crippen LogP contribution in [0.5, 0.6) is 11.5 Å². The van der Waals surface area contributed by atoms with Crippen LogP contribution in [0.4, 0.5) is 18.9 Å². The van der Waals surface area contributed by atoms with Gasteiger partial charge in [0.15, 0.2) is 6.61 Å². The van der Waals surface area contributed by atoms with Gasteiger partial charge in [-0.1, -0.05) is 12.1 Å². The summed E-state index contributed by atoms with van der Waals surface area (Å²) in [6, 6.07) is 11.5. The predicted molar refractivity (Wildman–Crippen MR) is 94.7 cm³/mol. The SMILES string of the molecule is COc1ccc(/C=C/C(=O)OCC(=O)Nc2ccc(OC(F)(F)F)cc2)cc1. The van der Waals surface area contributed by atoms with Gasteiger partial charge in [-0.05, 0) is 48.0 Å². The number of anilines is 1. The van der Waals surface area contributed by atoms with Crippen LogP contribution >= 0.6 is 0 Å². The molecule has 0 spiro atoms. The Balaban J connectivity index is 1.78. The molecular formula is C19H16F3NO5. The highest BCUT2D eigenvalue weighted by molar-refractivity contribution is 5.94. The Kier molecular flexibility index (Phi) is 7.02.